The van der Waals surface area contributed by atoms with Crippen molar-refractivity contribution in [1.82, 2.24) is 10.5 Å². The van der Waals surface area contributed by atoms with Crippen LogP contribution in [0.15, 0.2) is 10.6 Å². The van der Waals surface area contributed by atoms with Crippen molar-refractivity contribution in [3.8, 4) is 0 Å². The van der Waals surface area contributed by atoms with E-state index in [9.17, 15) is 9.59 Å². The molecule has 1 N–H and O–H groups in total. The molecule has 1 saturated heterocycles. The predicted octanol–water partition coefficient (Wildman–Crippen LogP) is 0.862. The Bertz CT molecular complexity index is 455. The lowest BCUT2D eigenvalue weighted by Crippen LogP contribution is -2.33. The number of aromatic nitrogens is 1. The van der Waals surface area contributed by atoms with Gasteiger partial charge in [0.05, 0.1) is 5.92 Å². The highest BCUT2D eigenvalue weighted by atomic mass is 16.5. The molecular weight excluding hydrogens is 234 g/mol. The fourth-order valence-electron chi connectivity index (χ4n) is 1.98. The zero-order valence-electron chi connectivity index (χ0n) is 10.6. The number of nitrogens with one attached hydrogen (secondary N) is 1. The molecule has 18 heavy (non-hydrogen) atoms. The van der Waals surface area contributed by atoms with Crippen molar-refractivity contribution in [2.45, 2.75) is 26.7 Å². The lowest BCUT2D eigenvalue weighted by Gasteiger charge is -2.12. The molecule has 2 amide bonds. The van der Waals surface area contributed by atoms with E-state index in [0.717, 1.165) is 6.42 Å². The van der Waals surface area contributed by atoms with Crippen LogP contribution in [0.25, 0.3) is 0 Å². The first-order chi connectivity index (χ1) is 8.61. The summed E-state index contributed by atoms with van der Waals surface area (Å²) in [7, 11) is 0. The van der Waals surface area contributed by atoms with Gasteiger partial charge >= 0.3 is 0 Å². The smallest absolute Gasteiger partial charge is 0.229 e. The molecular formula is C12H17N3O3. The highest BCUT2D eigenvalue weighted by Crippen LogP contribution is 2.24. The van der Waals surface area contributed by atoms with Crippen molar-refractivity contribution < 1.29 is 14.1 Å². The molecule has 1 unspecified atom stereocenters. The van der Waals surface area contributed by atoms with Crippen molar-refractivity contribution >= 4 is 17.6 Å². The van der Waals surface area contributed by atoms with Crippen molar-refractivity contribution in [2.24, 2.45) is 5.92 Å². The Kier molecular flexibility index (Phi) is 3.64. The molecule has 0 aliphatic carbocycles. The largest absolute Gasteiger partial charge is 0.360 e. The molecule has 0 spiro atoms. The third-order valence-electron chi connectivity index (χ3n) is 2.94. The lowest BCUT2D eigenvalue weighted by molar-refractivity contribution is -0.126. The van der Waals surface area contributed by atoms with Gasteiger partial charge < -0.3 is 9.84 Å². The summed E-state index contributed by atoms with van der Waals surface area (Å²) < 4.78 is 4.94. The third-order valence-corrected chi connectivity index (χ3v) is 2.94. The molecule has 1 aliphatic rings. The summed E-state index contributed by atoms with van der Waals surface area (Å²) in [6.45, 7) is 4.78. The topological polar surface area (TPSA) is 75.4 Å². The van der Waals surface area contributed by atoms with Gasteiger partial charge in [-0.25, -0.2) is 0 Å². The zero-order chi connectivity index (χ0) is 13.1. The Labute approximate surface area is 105 Å². The summed E-state index contributed by atoms with van der Waals surface area (Å²) in [6, 6.07) is 1.70. The van der Waals surface area contributed by atoms with Gasteiger partial charge in [0.2, 0.25) is 11.8 Å². The Balaban J connectivity index is 2.00. The Hall–Kier alpha value is -1.85. The second-order valence-corrected chi connectivity index (χ2v) is 4.49. The van der Waals surface area contributed by atoms with Crippen LogP contribution < -0.4 is 10.2 Å². The molecule has 1 aliphatic heterocycles. The molecule has 98 valence electrons. The van der Waals surface area contributed by atoms with E-state index in [1.54, 1.807) is 13.0 Å². The van der Waals surface area contributed by atoms with Crippen LogP contribution in [0.1, 0.15) is 25.5 Å². The number of rotatable bonds is 4. The highest BCUT2D eigenvalue weighted by molar-refractivity contribution is 5.99. The van der Waals surface area contributed by atoms with E-state index in [2.05, 4.69) is 10.5 Å². The number of nitrogens with zero attached hydrogens (tertiary/aromatic N) is 2. The van der Waals surface area contributed by atoms with Gasteiger partial charge in [0.25, 0.3) is 0 Å². The van der Waals surface area contributed by atoms with Gasteiger partial charge in [-0.2, -0.15) is 0 Å². The lowest BCUT2D eigenvalue weighted by atomic mass is 10.1. The van der Waals surface area contributed by atoms with E-state index in [-0.39, 0.29) is 24.2 Å². The standard InChI is InChI=1S/C12H17N3O3/c1-3-4-13-12(17)9-6-11(16)15(7-9)10-5-8(2)18-14-10/h5,9H,3-4,6-7H2,1-2H3,(H,13,17). The first-order valence-electron chi connectivity index (χ1n) is 6.13. The summed E-state index contributed by atoms with van der Waals surface area (Å²) in [6.07, 6.45) is 1.13. The molecule has 6 heteroatoms. The quantitative estimate of drug-likeness (QED) is 0.861. The molecule has 1 aromatic heterocycles. The van der Waals surface area contributed by atoms with Gasteiger partial charge in [0.15, 0.2) is 5.82 Å². The maximum absolute atomic E-state index is 11.8. The number of hydrogen-bond donors (Lipinski definition) is 1. The van der Waals surface area contributed by atoms with Gasteiger partial charge in [-0.3, -0.25) is 14.5 Å². The molecule has 2 heterocycles. The van der Waals surface area contributed by atoms with Gasteiger partial charge in [0, 0.05) is 25.6 Å². The number of carbonyl (C=O) groups excluding carboxylic acids is 2. The number of hydrogen-bond acceptors (Lipinski definition) is 4. The minimum atomic E-state index is -0.291. The van der Waals surface area contributed by atoms with Crippen LogP contribution >= 0.6 is 0 Å². The maximum Gasteiger partial charge on any atom is 0.229 e. The molecule has 1 atom stereocenters. The minimum absolute atomic E-state index is 0.0621. The van der Waals surface area contributed by atoms with Gasteiger partial charge in [-0.1, -0.05) is 12.1 Å². The first-order valence-corrected chi connectivity index (χ1v) is 6.13. The van der Waals surface area contributed by atoms with Crippen molar-refractivity contribution in [1.29, 1.82) is 0 Å². The zero-order valence-corrected chi connectivity index (χ0v) is 10.6. The number of aryl methyl sites for hydroxylation is 1. The maximum atomic E-state index is 11.8. The summed E-state index contributed by atoms with van der Waals surface area (Å²) in [5, 5.41) is 6.61. The Morgan fingerprint density at radius 1 is 1.67 bits per heavy atom. The van der Waals surface area contributed by atoms with E-state index in [4.69, 9.17) is 4.52 Å². The van der Waals surface area contributed by atoms with Crippen LogP contribution in [-0.2, 0) is 9.59 Å². The monoisotopic (exact) mass is 251 g/mol. The third kappa shape index (κ3) is 2.52. The van der Waals surface area contributed by atoms with Crippen LogP contribution in [-0.4, -0.2) is 30.1 Å². The second kappa shape index (κ2) is 5.20. The highest BCUT2D eigenvalue weighted by Gasteiger charge is 2.36. The molecule has 0 radical (unpaired) electrons. The molecule has 2 rings (SSSR count). The summed E-state index contributed by atoms with van der Waals surface area (Å²) in [4.78, 5) is 25.1. The molecule has 6 nitrogen and oxygen atoms in total. The van der Waals surface area contributed by atoms with Crippen LogP contribution in [0, 0.1) is 12.8 Å². The van der Waals surface area contributed by atoms with E-state index >= 15 is 0 Å². The van der Waals surface area contributed by atoms with Crippen molar-refractivity contribution in [3.05, 3.63) is 11.8 Å². The van der Waals surface area contributed by atoms with Crippen molar-refractivity contribution in [2.75, 3.05) is 18.0 Å². The average molecular weight is 251 g/mol. The van der Waals surface area contributed by atoms with Crippen LogP contribution in [0.4, 0.5) is 5.82 Å². The van der Waals surface area contributed by atoms with Crippen molar-refractivity contribution in [3.63, 3.8) is 0 Å². The molecule has 0 saturated carbocycles. The van der Waals surface area contributed by atoms with E-state index < -0.39 is 0 Å². The van der Waals surface area contributed by atoms with E-state index in [1.807, 2.05) is 6.92 Å². The molecule has 0 aromatic carbocycles. The minimum Gasteiger partial charge on any atom is -0.360 e. The fourth-order valence-corrected chi connectivity index (χ4v) is 1.98. The number of carbonyl (C=O) groups is 2. The summed E-state index contributed by atoms with van der Waals surface area (Å²) in [5.74, 6) is 0.703. The number of anilines is 1. The molecule has 1 aromatic rings. The van der Waals surface area contributed by atoms with Crippen LogP contribution in [0.3, 0.4) is 0 Å². The predicted molar refractivity (Wildman–Crippen MR) is 65.0 cm³/mol. The summed E-state index contributed by atoms with van der Waals surface area (Å²) >= 11 is 0. The Morgan fingerprint density at radius 3 is 3.06 bits per heavy atom. The molecule has 1 fully saturated rings. The Morgan fingerprint density at radius 2 is 2.44 bits per heavy atom. The van der Waals surface area contributed by atoms with Gasteiger partial charge in [-0.05, 0) is 13.3 Å². The summed E-state index contributed by atoms with van der Waals surface area (Å²) in [5.41, 5.74) is 0. The molecule has 0 bridgehead atoms. The van der Waals surface area contributed by atoms with Crippen LogP contribution in [0.2, 0.25) is 0 Å². The normalized spacial score (nSPS) is 19.3. The second-order valence-electron chi connectivity index (χ2n) is 4.49. The van der Waals surface area contributed by atoms with Gasteiger partial charge in [-0.15, -0.1) is 0 Å². The SMILES string of the molecule is CCCNC(=O)C1CC(=O)N(c2cc(C)on2)C1. The fraction of sp³-hybridized carbons (Fsp3) is 0.583. The van der Waals surface area contributed by atoms with Crippen LogP contribution in [0.5, 0.6) is 0 Å². The average Bonchev–Trinajstić information content (AvgIpc) is 2.92. The van der Waals surface area contributed by atoms with Gasteiger partial charge in [0.1, 0.15) is 5.76 Å². The van der Waals surface area contributed by atoms with E-state index in [1.165, 1.54) is 4.90 Å². The number of amides is 2. The first kappa shape index (κ1) is 12.6. The van der Waals surface area contributed by atoms with E-state index in [0.29, 0.717) is 24.7 Å².